The minimum Gasteiger partial charge on any atom is -0.302 e. The van der Waals surface area contributed by atoms with Gasteiger partial charge in [0.1, 0.15) is 6.29 Å². The van der Waals surface area contributed by atoms with Crippen molar-refractivity contribution in [1.29, 1.82) is 0 Å². The number of thioether (sulfide) groups is 1. The lowest BCUT2D eigenvalue weighted by Crippen LogP contribution is -1.97. The van der Waals surface area contributed by atoms with E-state index in [2.05, 4.69) is 0 Å². The van der Waals surface area contributed by atoms with E-state index < -0.39 is 0 Å². The first kappa shape index (κ1) is 8.12. The fourth-order valence-electron chi connectivity index (χ4n) is 1.46. The molecule has 0 unspecified atom stereocenters. The summed E-state index contributed by atoms with van der Waals surface area (Å²) in [5, 5.41) is 0. The van der Waals surface area contributed by atoms with Gasteiger partial charge in [-0.1, -0.05) is 12.8 Å². The molecule has 1 saturated carbocycles. The van der Waals surface area contributed by atoms with E-state index in [1.54, 1.807) is 11.8 Å². The molecule has 1 aliphatic rings. The van der Waals surface area contributed by atoms with Crippen LogP contribution in [0.4, 0.5) is 0 Å². The van der Waals surface area contributed by atoms with Crippen molar-refractivity contribution < 1.29 is 4.79 Å². The predicted molar refractivity (Wildman–Crippen MR) is 45.3 cm³/mol. The van der Waals surface area contributed by atoms with E-state index in [9.17, 15) is 4.79 Å². The van der Waals surface area contributed by atoms with Crippen molar-refractivity contribution >= 4 is 18.0 Å². The van der Waals surface area contributed by atoms with E-state index in [0.717, 1.165) is 12.2 Å². The lowest BCUT2D eigenvalue weighted by molar-refractivity contribution is -0.105. The molecule has 10 heavy (non-hydrogen) atoms. The molecule has 2 heteroatoms. The average molecular weight is 158 g/mol. The summed E-state index contributed by atoms with van der Waals surface area (Å²) in [4.78, 5) is 9.96. The minimum atomic E-state index is 0.691. The molecule has 0 aromatic heterocycles. The molecule has 0 aromatic rings. The van der Waals surface area contributed by atoms with Crippen molar-refractivity contribution in [3.05, 3.63) is 0 Å². The first-order valence-electron chi connectivity index (χ1n) is 3.95. The first-order chi connectivity index (χ1) is 4.93. The van der Waals surface area contributed by atoms with Crippen LogP contribution in [0.2, 0.25) is 0 Å². The summed E-state index contributed by atoms with van der Waals surface area (Å²) < 4.78 is 0. The van der Waals surface area contributed by atoms with Gasteiger partial charge >= 0.3 is 0 Å². The Hall–Kier alpha value is 0.0200. The van der Waals surface area contributed by atoms with Crippen LogP contribution in [0, 0.1) is 5.92 Å². The van der Waals surface area contributed by atoms with Crippen LogP contribution in [0.1, 0.15) is 25.7 Å². The van der Waals surface area contributed by atoms with Crippen molar-refractivity contribution in [2.24, 2.45) is 5.92 Å². The largest absolute Gasteiger partial charge is 0.302 e. The summed E-state index contributed by atoms with van der Waals surface area (Å²) in [6.07, 6.45) is 6.61. The Balaban J connectivity index is 1.96. The Bertz CT molecular complexity index is 97.4. The molecular weight excluding hydrogens is 144 g/mol. The van der Waals surface area contributed by atoms with Crippen molar-refractivity contribution in [3.8, 4) is 0 Å². The molecule has 1 rings (SSSR count). The quantitative estimate of drug-likeness (QED) is 0.460. The fourth-order valence-corrected chi connectivity index (χ4v) is 2.36. The van der Waals surface area contributed by atoms with Gasteiger partial charge in [0.15, 0.2) is 0 Å². The highest BCUT2D eigenvalue weighted by molar-refractivity contribution is 7.99. The third-order valence-electron chi connectivity index (χ3n) is 2.01. The molecule has 0 aromatic carbocycles. The summed E-state index contributed by atoms with van der Waals surface area (Å²) in [5.74, 6) is 2.82. The predicted octanol–water partition coefficient (Wildman–Crippen LogP) is 2.11. The zero-order chi connectivity index (χ0) is 7.23. The number of rotatable bonds is 4. The Morgan fingerprint density at radius 2 is 2.10 bits per heavy atom. The smallest absolute Gasteiger partial charge is 0.129 e. The van der Waals surface area contributed by atoms with Crippen LogP contribution < -0.4 is 0 Å². The second-order valence-electron chi connectivity index (χ2n) is 2.85. The van der Waals surface area contributed by atoms with Crippen molar-refractivity contribution in [1.82, 2.24) is 0 Å². The van der Waals surface area contributed by atoms with Gasteiger partial charge in [0.2, 0.25) is 0 Å². The van der Waals surface area contributed by atoms with E-state index in [-0.39, 0.29) is 0 Å². The van der Waals surface area contributed by atoms with Gasteiger partial charge in [-0.25, -0.2) is 0 Å². The highest BCUT2D eigenvalue weighted by Crippen LogP contribution is 2.27. The van der Waals surface area contributed by atoms with E-state index in [1.165, 1.54) is 31.4 Å². The summed E-state index contributed by atoms with van der Waals surface area (Å²) in [5.41, 5.74) is 0. The van der Waals surface area contributed by atoms with Gasteiger partial charge in [-0.05, 0) is 24.5 Å². The molecule has 0 radical (unpaired) electrons. The second kappa shape index (κ2) is 4.78. The Kier molecular flexibility index (Phi) is 3.88. The third-order valence-corrected chi connectivity index (χ3v) is 3.09. The monoisotopic (exact) mass is 158 g/mol. The molecule has 0 aliphatic heterocycles. The van der Waals surface area contributed by atoms with Crippen LogP contribution >= 0.6 is 11.8 Å². The molecule has 1 nitrogen and oxygen atoms in total. The Morgan fingerprint density at radius 1 is 1.40 bits per heavy atom. The standard InChI is InChI=1S/C8H14OS/c9-5-6-10-7-8-3-1-2-4-8/h5,8H,1-4,6-7H2. The molecule has 1 aliphatic carbocycles. The molecule has 1 fully saturated rings. The molecule has 0 spiro atoms. The molecule has 58 valence electrons. The Labute approximate surface area is 66.6 Å². The van der Waals surface area contributed by atoms with E-state index in [0.29, 0.717) is 5.75 Å². The van der Waals surface area contributed by atoms with Crippen LogP contribution in [-0.4, -0.2) is 17.8 Å². The number of hydrogen-bond acceptors (Lipinski definition) is 2. The lowest BCUT2D eigenvalue weighted by atomic mass is 10.1. The van der Waals surface area contributed by atoms with Gasteiger partial charge in [-0.2, -0.15) is 11.8 Å². The van der Waals surface area contributed by atoms with Crippen LogP contribution in [-0.2, 0) is 4.79 Å². The van der Waals surface area contributed by atoms with Gasteiger partial charge in [-0.15, -0.1) is 0 Å². The van der Waals surface area contributed by atoms with E-state index >= 15 is 0 Å². The third kappa shape index (κ3) is 2.74. The molecule has 0 N–H and O–H groups in total. The maximum absolute atomic E-state index is 9.96. The highest BCUT2D eigenvalue weighted by Gasteiger charge is 2.13. The van der Waals surface area contributed by atoms with Gasteiger partial charge in [0.25, 0.3) is 0 Å². The minimum absolute atomic E-state index is 0.691. The number of carbonyl (C=O) groups is 1. The maximum Gasteiger partial charge on any atom is 0.129 e. The molecular formula is C8H14OS. The average Bonchev–Trinajstić information content (AvgIpc) is 2.41. The van der Waals surface area contributed by atoms with Crippen LogP contribution in [0.5, 0.6) is 0 Å². The fraction of sp³-hybridized carbons (Fsp3) is 0.875. The number of carbonyl (C=O) groups excluding carboxylic acids is 1. The highest BCUT2D eigenvalue weighted by atomic mass is 32.2. The summed E-state index contributed by atoms with van der Waals surface area (Å²) >= 11 is 1.78. The Morgan fingerprint density at radius 3 is 2.70 bits per heavy atom. The molecule has 0 heterocycles. The number of aldehydes is 1. The van der Waals surface area contributed by atoms with Gasteiger partial charge in [-0.3, -0.25) is 0 Å². The SMILES string of the molecule is O=CCSCC1CCCC1. The molecule has 0 amide bonds. The van der Waals surface area contributed by atoms with Crippen molar-refractivity contribution in [3.63, 3.8) is 0 Å². The van der Waals surface area contributed by atoms with Crippen LogP contribution in [0.25, 0.3) is 0 Å². The van der Waals surface area contributed by atoms with Crippen molar-refractivity contribution in [2.45, 2.75) is 25.7 Å². The molecule has 0 atom stereocenters. The topological polar surface area (TPSA) is 17.1 Å². The second-order valence-corrected chi connectivity index (χ2v) is 3.93. The van der Waals surface area contributed by atoms with Crippen molar-refractivity contribution in [2.75, 3.05) is 11.5 Å². The normalized spacial score (nSPS) is 19.6. The van der Waals surface area contributed by atoms with Gasteiger partial charge in [0, 0.05) is 5.75 Å². The van der Waals surface area contributed by atoms with Gasteiger partial charge < -0.3 is 4.79 Å². The molecule has 0 saturated heterocycles. The zero-order valence-electron chi connectivity index (χ0n) is 6.21. The van der Waals surface area contributed by atoms with E-state index in [1.807, 2.05) is 0 Å². The summed E-state index contributed by atoms with van der Waals surface area (Å²) in [7, 11) is 0. The summed E-state index contributed by atoms with van der Waals surface area (Å²) in [6, 6.07) is 0. The van der Waals surface area contributed by atoms with Crippen LogP contribution in [0.15, 0.2) is 0 Å². The first-order valence-corrected chi connectivity index (χ1v) is 5.10. The van der Waals surface area contributed by atoms with Crippen LogP contribution in [0.3, 0.4) is 0 Å². The van der Waals surface area contributed by atoms with E-state index in [4.69, 9.17) is 0 Å². The number of hydrogen-bond donors (Lipinski definition) is 0. The molecule has 0 bridgehead atoms. The maximum atomic E-state index is 9.96. The summed E-state index contributed by atoms with van der Waals surface area (Å²) in [6.45, 7) is 0. The lowest BCUT2D eigenvalue weighted by Gasteiger charge is -2.04. The van der Waals surface area contributed by atoms with Gasteiger partial charge in [0.05, 0.1) is 0 Å². The zero-order valence-corrected chi connectivity index (χ0v) is 7.03.